The average molecular weight is 295 g/mol. The number of amides is 1. The molecule has 0 aliphatic carbocycles. The van der Waals surface area contributed by atoms with E-state index in [2.05, 4.69) is 5.43 Å². The molecule has 0 unspecified atom stereocenters. The summed E-state index contributed by atoms with van der Waals surface area (Å²) in [7, 11) is 0. The third-order valence-corrected chi connectivity index (χ3v) is 3.80. The first-order valence-electron chi connectivity index (χ1n) is 5.79. The monoisotopic (exact) mass is 295 g/mol. The van der Waals surface area contributed by atoms with E-state index in [0.717, 1.165) is 4.90 Å². The van der Waals surface area contributed by atoms with Gasteiger partial charge in [-0.2, -0.15) is 0 Å². The highest BCUT2D eigenvalue weighted by Gasteiger charge is 2.14. The topological polar surface area (TPSA) is 94.3 Å². The maximum atomic E-state index is 12.9. The van der Waals surface area contributed by atoms with Crippen LogP contribution in [0, 0.1) is 12.7 Å². The summed E-state index contributed by atoms with van der Waals surface area (Å²) in [6.07, 6.45) is 0. The maximum Gasteiger partial charge on any atom is 0.268 e. The van der Waals surface area contributed by atoms with Gasteiger partial charge in [0.25, 0.3) is 5.91 Å². The first kappa shape index (κ1) is 14.4. The van der Waals surface area contributed by atoms with Gasteiger partial charge in [-0.05, 0) is 31.2 Å². The number of hydrazine groups is 1. The Hall–Kier alpha value is -1.99. The first-order chi connectivity index (χ1) is 9.51. The van der Waals surface area contributed by atoms with E-state index in [9.17, 15) is 9.18 Å². The zero-order valence-corrected chi connectivity index (χ0v) is 11.6. The standard InChI is InChI=1S/C13H14FN3O2S/c1-7-10(13(18)17-16)5-9(19-7)6-20-12-3-2-8(14)4-11(12)15/h2-5H,6,15-16H2,1H3,(H,17,18). The molecule has 5 nitrogen and oxygen atoms in total. The summed E-state index contributed by atoms with van der Waals surface area (Å²) >= 11 is 1.40. The van der Waals surface area contributed by atoms with Gasteiger partial charge in [0.2, 0.25) is 0 Å². The predicted octanol–water partition coefficient (Wildman–Crippen LogP) is 2.21. The Morgan fingerprint density at radius 1 is 1.45 bits per heavy atom. The second kappa shape index (κ2) is 5.98. The molecule has 1 aromatic carbocycles. The zero-order chi connectivity index (χ0) is 14.7. The fourth-order valence-electron chi connectivity index (χ4n) is 1.72. The van der Waals surface area contributed by atoms with Crippen LogP contribution in [0.1, 0.15) is 21.9 Å². The zero-order valence-electron chi connectivity index (χ0n) is 10.8. The molecular formula is C13H14FN3O2S. The number of thioether (sulfide) groups is 1. The average Bonchev–Trinajstić information content (AvgIpc) is 2.78. The molecule has 0 saturated carbocycles. The van der Waals surface area contributed by atoms with Crippen molar-refractivity contribution in [3.8, 4) is 0 Å². The van der Waals surface area contributed by atoms with Crippen molar-refractivity contribution in [2.45, 2.75) is 17.6 Å². The number of aryl methyl sites for hydroxylation is 1. The summed E-state index contributed by atoms with van der Waals surface area (Å²) in [5.74, 6) is 5.91. The lowest BCUT2D eigenvalue weighted by molar-refractivity contribution is 0.0952. The summed E-state index contributed by atoms with van der Waals surface area (Å²) in [6.45, 7) is 1.69. The molecule has 20 heavy (non-hydrogen) atoms. The quantitative estimate of drug-likeness (QED) is 0.264. The van der Waals surface area contributed by atoms with E-state index >= 15 is 0 Å². The number of hydrogen-bond acceptors (Lipinski definition) is 5. The van der Waals surface area contributed by atoms with Crippen molar-refractivity contribution in [1.29, 1.82) is 0 Å². The van der Waals surface area contributed by atoms with Crippen LogP contribution >= 0.6 is 11.8 Å². The Morgan fingerprint density at radius 2 is 2.20 bits per heavy atom. The Kier molecular flexibility index (Phi) is 4.31. The molecule has 0 radical (unpaired) electrons. The van der Waals surface area contributed by atoms with Gasteiger partial charge in [0.1, 0.15) is 17.3 Å². The van der Waals surface area contributed by atoms with E-state index in [1.807, 2.05) is 0 Å². The van der Waals surface area contributed by atoms with E-state index in [1.165, 1.54) is 23.9 Å². The number of hydrogen-bond donors (Lipinski definition) is 3. The number of anilines is 1. The minimum Gasteiger partial charge on any atom is -0.465 e. The normalized spacial score (nSPS) is 10.6. The van der Waals surface area contributed by atoms with Crippen molar-refractivity contribution < 1.29 is 13.6 Å². The van der Waals surface area contributed by atoms with E-state index < -0.39 is 5.91 Å². The molecule has 1 aromatic heterocycles. The molecule has 0 atom stereocenters. The van der Waals surface area contributed by atoms with Crippen molar-refractivity contribution in [2.24, 2.45) is 5.84 Å². The number of carbonyl (C=O) groups is 1. The molecule has 0 bridgehead atoms. The largest absolute Gasteiger partial charge is 0.465 e. The van der Waals surface area contributed by atoms with E-state index in [1.54, 1.807) is 19.1 Å². The second-order valence-corrected chi connectivity index (χ2v) is 5.14. The lowest BCUT2D eigenvalue weighted by Crippen LogP contribution is -2.30. The highest BCUT2D eigenvalue weighted by Crippen LogP contribution is 2.29. The van der Waals surface area contributed by atoms with Gasteiger partial charge in [-0.1, -0.05) is 0 Å². The first-order valence-corrected chi connectivity index (χ1v) is 6.78. The van der Waals surface area contributed by atoms with Crippen LogP contribution < -0.4 is 17.0 Å². The maximum absolute atomic E-state index is 12.9. The molecule has 7 heteroatoms. The number of nitrogens with one attached hydrogen (secondary N) is 1. The van der Waals surface area contributed by atoms with Gasteiger partial charge in [0.15, 0.2) is 0 Å². The summed E-state index contributed by atoms with van der Waals surface area (Å²) < 4.78 is 18.4. The third kappa shape index (κ3) is 3.12. The molecule has 5 N–H and O–H groups in total. The molecule has 1 heterocycles. The van der Waals surface area contributed by atoms with E-state index in [0.29, 0.717) is 28.5 Å². The molecule has 0 aliphatic heterocycles. The number of rotatable bonds is 4. The number of furan rings is 1. The van der Waals surface area contributed by atoms with Gasteiger partial charge >= 0.3 is 0 Å². The highest BCUT2D eigenvalue weighted by molar-refractivity contribution is 7.98. The smallest absolute Gasteiger partial charge is 0.268 e. The van der Waals surface area contributed by atoms with Crippen molar-refractivity contribution in [2.75, 3.05) is 5.73 Å². The molecule has 2 rings (SSSR count). The van der Waals surface area contributed by atoms with Crippen LogP contribution in [0.4, 0.5) is 10.1 Å². The summed E-state index contributed by atoms with van der Waals surface area (Å²) in [4.78, 5) is 12.2. The van der Waals surface area contributed by atoms with Gasteiger partial charge in [0.05, 0.1) is 11.3 Å². The van der Waals surface area contributed by atoms with Gasteiger partial charge in [0, 0.05) is 10.6 Å². The number of nitrogens with two attached hydrogens (primary N) is 2. The van der Waals surface area contributed by atoms with E-state index in [4.69, 9.17) is 16.0 Å². The minimum absolute atomic E-state index is 0.373. The van der Waals surface area contributed by atoms with Crippen LogP contribution in [0.15, 0.2) is 33.6 Å². The SMILES string of the molecule is Cc1oc(CSc2ccc(F)cc2N)cc1C(=O)NN. The van der Waals surface area contributed by atoms with Crippen molar-refractivity contribution in [1.82, 2.24) is 5.43 Å². The lowest BCUT2D eigenvalue weighted by atomic mass is 10.2. The Bertz CT molecular complexity index is 643. The predicted molar refractivity (Wildman–Crippen MR) is 75.5 cm³/mol. The van der Waals surface area contributed by atoms with Gasteiger partial charge in [-0.3, -0.25) is 10.2 Å². The van der Waals surface area contributed by atoms with Gasteiger partial charge < -0.3 is 10.2 Å². The molecular weight excluding hydrogens is 281 g/mol. The molecule has 0 fully saturated rings. The molecule has 0 saturated heterocycles. The molecule has 106 valence electrons. The Morgan fingerprint density at radius 3 is 2.85 bits per heavy atom. The van der Waals surface area contributed by atoms with Crippen molar-refractivity contribution >= 4 is 23.4 Å². The summed E-state index contributed by atoms with van der Waals surface area (Å²) in [5.41, 5.74) is 8.55. The molecule has 1 amide bonds. The molecule has 0 aliphatic rings. The van der Waals surface area contributed by atoms with Gasteiger partial charge in [-0.25, -0.2) is 10.2 Å². The van der Waals surface area contributed by atoms with Gasteiger partial charge in [-0.15, -0.1) is 11.8 Å². The lowest BCUT2D eigenvalue weighted by Gasteiger charge is -2.03. The fraction of sp³-hybridized carbons (Fsp3) is 0.154. The number of carbonyl (C=O) groups excluding carboxylic acids is 1. The number of nitrogen functional groups attached to an aromatic ring is 2. The number of benzene rings is 1. The Labute approximate surface area is 119 Å². The highest BCUT2D eigenvalue weighted by atomic mass is 32.2. The summed E-state index contributed by atoms with van der Waals surface area (Å²) in [5, 5.41) is 0. The van der Waals surface area contributed by atoms with Crippen molar-refractivity contribution in [3.63, 3.8) is 0 Å². The third-order valence-electron chi connectivity index (χ3n) is 2.69. The minimum atomic E-state index is -0.399. The molecule has 0 spiro atoms. The van der Waals surface area contributed by atoms with Crippen LogP contribution in [0.2, 0.25) is 0 Å². The van der Waals surface area contributed by atoms with Crippen LogP contribution in [-0.4, -0.2) is 5.91 Å². The van der Waals surface area contributed by atoms with Crippen LogP contribution in [-0.2, 0) is 5.75 Å². The van der Waals surface area contributed by atoms with Crippen LogP contribution in [0.5, 0.6) is 0 Å². The van der Waals surface area contributed by atoms with Crippen molar-refractivity contribution in [3.05, 3.63) is 47.2 Å². The Balaban J connectivity index is 2.09. The molecule has 2 aromatic rings. The van der Waals surface area contributed by atoms with E-state index in [-0.39, 0.29) is 5.82 Å². The number of halogens is 1. The second-order valence-electron chi connectivity index (χ2n) is 4.13. The van der Waals surface area contributed by atoms with Crippen LogP contribution in [0.25, 0.3) is 0 Å². The summed E-state index contributed by atoms with van der Waals surface area (Å²) in [6, 6.07) is 5.85. The van der Waals surface area contributed by atoms with Crippen LogP contribution in [0.3, 0.4) is 0 Å². The fourth-order valence-corrected chi connectivity index (χ4v) is 2.55.